The predicted octanol–water partition coefficient (Wildman–Crippen LogP) is 4.24. The molecule has 4 aliphatic carbocycles. The van der Waals surface area contributed by atoms with E-state index in [9.17, 15) is 13.2 Å². The van der Waals surface area contributed by atoms with Crippen molar-refractivity contribution in [2.45, 2.75) is 81.7 Å². The maximum Gasteiger partial charge on any atom is 0.394 e. The number of likely N-dealkylation sites (tertiary alicyclic amines) is 1. The fourth-order valence-corrected chi connectivity index (χ4v) is 7.50. The number of morpholine rings is 1. The van der Waals surface area contributed by atoms with Gasteiger partial charge in [-0.05, 0) is 53.0 Å². The fourth-order valence-electron chi connectivity index (χ4n) is 7.50. The quantitative estimate of drug-likeness (QED) is 0.463. The molecule has 4 saturated carbocycles. The summed E-state index contributed by atoms with van der Waals surface area (Å²) in [7, 11) is 2.06. The Labute approximate surface area is 230 Å². The van der Waals surface area contributed by atoms with Gasteiger partial charge in [0.25, 0.3) is 0 Å². The van der Waals surface area contributed by atoms with Crippen LogP contribution < -0.4 is 4.90 Å². The van der Waals surface area contributed by atoms with E-state index >= 15 is 0 Å². The third-order valence-corrected chi connectivity index (χ3v) is 9.77. The topological polar surface area (TPSA) is 85.1 Å². The van der Waals surface area contributed by atoms with Crippen molar-refractivity contribution in [3.63, 3.8) is 0 Å². The van der Waals surface area contributed by atoms with Crippen LogP contribution in [0.4, 0.5) is 19.1 Å². The van der Waals surface area contributed by atoms with E-state index in [1.54, 1.807) is 0 Å². The highest BCUT2D eigenvalue weighted by Crippen LogP contribution is 2.78. The second-order valence-corrected chi connectivity index (χ2v) is 13.1. The number of hydrogen-bond donors (Lipinski definition) is 0. The number of nitrogens with zero attached hydrogens (tertiary/aromatic N) is 8. The Morgan fingerprint density at radius 3 is 2.42 bits per heavy atom. The molecule has 9 rings (SSSR count). The highest BCUT2D eigenvalue weighted by Gasteiger charge is 2.79. The molecule has 3 aromatic heterocycles. The summed E-state index contributed by atoms with van der Waals surface area (Å²) < 4.78 is 49.8. The second kappa shape index (κ2) is 8.12. The van der Waals surface area contributed by atoms with E-state index in [-0.39, 0.29) is 37.4 Å². The molecule has 5 heterocycles. The summed E-state index contributed by atoms with van der Waals surface area (Å²) in [6.45, 7) is 6.86. The number of aryl methyl sites for hydroxylation is 1. The van der Waals surface area contributed by atoms with Crippen LogP contribution in [0.15, 0.2) is 12.4 Å². The molecule has 212 valence electrons. The van der Waals surface area contributed by atoms with Crippen LogP contribution in [0.5, 0.6) is 0 Å². The van der Waals surface area contributed by atoms with Crippen LogP contribution in [0, 0.1) is 12.3 Å². The van der Waals surface area contributed by atoms with Gasteiger partial charge in [0.1, 0.15) is 11.6 Å². The molecule has 0 N–H and O–H groups in total. The number of aromatic nitrogens is 6. The molecule has 2 aliphatic heterocycles. The van der Waals surface area contributed by atoms with Crippen LogP contribution in [0.2, 0.25) is 0 Å². The highest BCUT2D eigenvalue weighted by molar-refractivity contribution is 5.77. The average molecular weight is 555 g/mol. The van der Waals surface area contributed by atoms with Crippen molar-refractivity contribution in [3.8, 4) is 0 Å². The van der Waals surface area contributed by atoms with Gasteiger partial charge in [-0.15, -0.1) is 0 Å². The first-order valence-corrected chi connectivity index (χ1v) is 14.3. The zero-order valence-corrected chi connectivity index (χ0v) is 22.9. The maximum absolute atomic E-state index is 13.8. The van der Waals surface area contributed by atoms with Gasteiger partial charge in [0.2, 0.25) is 5.95 Å². The predicted molar refractivity (Wildman–Crippen MR) is 140 cm³/mol. The standard InChI is InChI=1S/C28H33F3N8O/c1-15-7-38(11-20(40-15)17-6-32-39(10-17)19-4-5-19)25-35-23(26-12-27(13-26,14-26)28(29,30)31)22-24(36-25)33-16(2)21(34-22)18-8-37(3)9-18/h6,10,15,18-20H,4-5,7-9,11-14H2,1-3H3. The number of likely N-dealkylation sites (N-methyl/N-ethyl adjacent to an activating group) is 1. The van der Waals surface area contributed by atoms with Gasteiger partial charge in [-0.3, -0.25) is 4.68 Å². The van der Waals surface area contributed by atoms with Crippen LogP contribution in [0.25, 0.3) is 11.2 Å². The van der Waals surface area contributed by atoms with Crippen LogP contribution in [-0.2, 0) is 10.2 Å². The molecule has 3 aromatic rings. The number of anilines is 1. The first kappa shape index (κ1) is 24.9. The van der Waals surface area contributed by atoms with Gasteiger partial charge in [0.15, 0.2) is 5.65 Å². The van der Waals surface area contributed by atoms with Gasteiger partial charge in [0, 0.05) is 42.7 Å². The summed E-state index contributed by atoms with van der Waals surface area (Å²) in [4.78, 5) is 24.1. The zero-order chi connectivity index (χ0) is 27.6. The van der Waals surface area contributed by atoms with E-state index in [2.05, 4.69) is 28.1 Å². The Balaban J connectivity index is 1.18. The number of halogens is 3. The van der Waals surface area contributed by atoms with Crippen molar-refractivity contribution in [2.75, 3.05) is 38.1 Å². The molecular formula is C28H33F3N8O. The summed E-state index contributed by atoms with van der Waals surface area (Å²) in [5, 5.41) is 4.54. The molecule has 6 aliphatic rings. The van der Waals surface area contributed by atoms with Crippen LogP contribution in [0.1, 0.15) is 79.7 Å². The average Bonchev–Trinajstić information content (AvgIpc) is 3.55. The van der Waals surface area contributed by atoms with E-state index in [0.717, 1.165) is 42.9 Å². The molecular weight excluding hydrogens is 521 g/mol. The smallest absolute Gasteiger partial charge is 0.367 e. The Hall–Kier alpha value is -2.86. The van der Waals surface area contributed by atoms with Crippen LogP contribution in [0.3, 0.4) is 0 Å². The summed E-state index contributed by atoms with van der Waals surface area (Å²) in [5.41, 5.74) is 2.22. The van der Waals surface area contributed by atoms with Crippen LogP contribution >= 0.6 is 0 Å². The lowest BCUT2D eigenvalue weighted by Crippen LogP contribution is -2.70. The minimum absolute atomic E-state index is 0.0641. The summed E-state index contributed by atoms with van der Waals surface area (Å²) in [6.07, 6.45) is 1.96. The van der Waals surface area contributed by atoms with Crippen LogP contribution in [-0.4, -0.2) is 80.1 Å². The number of alkyl halides is 3. The monoisotopic (exact) mass is 554 g/mol. The SMILES string of the molecule is Cc1nc2nc(N3CC(C)OC(c4cnn(C5CC5)c4)C3)nc(C34CC(C(F)(F)F)(C3)C4)c2nc1C1CN(C)C1. The molecule has 0 amide bonds. The molecule has 40 heavy (non-hydrogen) atoms. The van der Waals surface area contributed by atoms with Crippen molar-refractivity contribution < 1.29 is 17.9 Å². The van der Waals surface area contributed by atoms with Crippen molar-refractivity contribution >= 4 is 17.1 Å². The first-order valence-electron chi connectivity index (χ1n) is 14.3. The molecule has 0 spiro atoms. The first-order chi connectivity index (χ1) is 19.0. The molecule has 9 nitrogen and oxygen atoms in total. The maximum atomic E-state index is 13.8. The van der Waals surface area contributed by atoms with Gasteiger partial charge in [0.05, 0.1) is 47.4 Å². The summed E-state index contributed by atoms with van der Waals surface area (Å²) >= 11 is 0. The lowest BCUT2D eigenvalue weighted by Gasteiger charge is -2.70. The molecule has 12 heteroatoms. The lowest BCUT2D eigenvalue weighted by atomic mass is 9.34. The molecule has 2 atom stereocenters. The minimum atomic E-state index is -4.19. The Bertz CT molecular complexity index is 1490. The number of fused-ring (bicyclic) bond motifs is 1. The Morgan fingerprint density at radius 1 is 1.00 bits per heavy atom. The summed E-state index contributed by atoms with van der Waals surface area (Å²) in [5.74, 6) is 0.759. The normalized spacial score (nSPS) is 32.6. The molecule has 0 aromatic carbocycles. The highest BCUT2D eigenvalue weighted by atomic mass is 19.4. The Morgan fingerprint density at radius 2 is 1.75 bits per heavy atom. The molecule has 0 radical (unpaired) electrons. The van der Waals surface area contributed by atoms with Crippen molar-refractivity contribution in [2.24, 2.45) is 5.41 Å². The van der Waals surface area contributed by atoms with Crippen molar-refractivity contribution in [1.29, 1.82) is 0 Å². The van der Waals surface area contributed by atoms with E-state index in [1.807, 2.05) is 24.7 Å². The van der Waals surface area contributed by atoms with Crippen molar-refractivity contribution in [1.82, 2.24) is 34.6 Å². The number of rotatable bonds is 5. The number of ether oxygens (including phenoxy) is 1. The molecule has 2 saturated heterocycles. The minimum Gasteiger partial charge on any atom is -0.367 e. The van der Waals surface area contributed by atoms with Gasteiger partial charge >= 0.3 is 6.18 Å². The number of hydrogen-bond acceptors (Lipinski definition) is 8. The molecule has 6 fully saturated rings. The second-order valence-electron chi connectivity index (χ2n) is 13.1. The molecule has 2 unspecified atom stereocenters. The van der Waals surface area contributed by atoms with Crippen molar-refractivity contribution in [3.05, 3.63) is 35.0 Å². The fraction of sp³-hybridized carbons (Fsp3) is 0.679. The van der Waals surface area contributed by atoms with Gasteiger partial charge in [-0.1, -0.05) is 0 Å². The largest absolute Gasteiger partial charge is 0.394 e. The van der Waals surface area contributed by atoms with Gasteiger partial charge in [-0.2, -0.15) is 23.3 Å². The van der Waals surface area contributed by atoms with E-state index in [1.165, 1.54) is 0 Å². The Kier molecular flexibility index (Phi) is 5.05. The lowest BCUT2D eigenvalue weighted by molar-refractivity contribution is -0.337. The van der Waals surface area contributed by atoms with Gasteiger partial charge in [-0.25, -0.2) is 15.0 Å². The van der Waals surface area contributed by atoms with E-state index in [4.69, 9.17) is 24.7 Å². The zero-order valence-electron chi connectivity index (χ0n) is 22.9. The molecule has 2 bridgehead atoms. The van der Waals surface area contributed by atoms with E-state index in [0.29, 0.717) is 41.9 Å². The van der Waals surface area contributed by atoms with E-state index < -0.39 is 17.0 Å². The third kappa shape index (κ3) is 3.64. The third-order valence-electron chi connectivity index (χ3n) is 9.77. The van der Waals surface area contributed by atoms with Gasteiger partial charge < -0.3 is 14.5 Å². The summed E-state index contributed by atoms with van der Waals surface area (Å²) in [6, 6.07) is 0.484.